The van der Waals surface area contributed by atoms with Crippen molar-refractivity contribution in [1.82, 2.24) is 10.7 Å². The topological polar surface area (TPSA) is 90.8 Å². The van der Waals surface area contributed by atoms with Crippen LogP contribution < -0.4 is 10.7 Å². The average molecular weight is 311 g/mol. The average Bonchev–Trinajstić information content (AvgIpc) is 2.56. The molecule has 2 amide bonds. The van der Waals surface area contributed by atoms with Gasteiger partial charge in [-0.15, -0.1) is 0 Å². The summed E-state index contributed by atoms with van der Waals surface area (Å²) in [6, 6.07) is 16.6. The third-order valence-corrected chi connectivity index (χ3v) is 3.07. The molecule has 6 nitrogen and oxygen atoms in total. The maximum absolute atomic E-state index is 11.7. The van der Waals surface area contributed by atoms with E-state index in [0.29, 0.717) is 0 Å². The van der Waals surface area contributed by atoms with Crippen molar-refractivity contribution in [1.29, 1.82) is 0 Å². The van der Waals surface area contributed by atoms with Crippen molar-refractivity contribution in [3.05, 3.63) is 71.8 Å². The molecule has 0 spiro atoms. The molecule has 0 unspecified atom stereocenters. The van der Waals surface area contributed by atoms with E-state index in [0.717, 1.165) is 11.1 Å². The minimum absolute atomic E-state index is 0.200. The van der Waals surface area contributed by atoms with Crippen LogP contribution in [0.4, 0.5) is 4.79 Å². The first-order chi connectivity index (χ1) is 11.1. The van der Waals surface area contributed by atoms with Crippen molar-refractivity contribution in [2.75, 3.05) is 0 Å². The summed E-state index contributed by atoms with van der Waals surface area (Å²) in [5.41, 5.74) is 3.91. The second kappa shape index (κ2) is 8.33. The first kappa shape index (κ1) is 16.2. The largest absolute Gasteiger partial charge is 0.480 e. The molecule has 1 atom stereocenters. The Hall–Kier alpha value is -3.15. The molecular weight excluding hydrogens is 294 g/mol. The van der Waals surface area contributed by atoms with Gasteiger partial charge in [-0.2, -0.15) is 5.10 Å². The third-order valence-electron chi connectivity index (χ3n) is 3.07. The van der Waals surface area contributed by atoms with E-state index in [9.17, 15) is 14.7 Å². The quantitative estimate of drug-likeness (QED) is 0.563. The molecule has 23 heavy (non-hydrogen) atoms. The Morgan fingerprint density at radius 3 is 2.26 bits per heavy atom. The molecule has 2 aromatic carbocycles. The molecule has 2 rings (SSSR count). The van der Waals surface area contributed by atoms with Gasteiger partial charge in [0.05, 0.1) is 6.21 Å². The standard InChI is InChI=1S/C17H17N3O3/c21-16(22)15(11-13-7-3-1-4-8-13)19-17(23)20-18-12-14-9-5-2-6-10-14/h1-10,12,15H,11H2,(H,21,22)(H2,19,20,23)/t15-/m1/s1. The molecule has 0 aliphatic heterocycles. The van der Waals surface area contributed by atoms with Crippen LogP contribution in [0.5, 0.6) is 0 Å². The lowest BCUT2D eigenvalue weighted by Crippen LogP contribution is -2.45. The van der Waals surface area contributed by atoms with Gasteiger partial charge in [0, 0.05) is 6.42 Å². The molecule has 118 valence electrons. The van der Waals surface area contributed by atoms with Gasteiger partial charge in [0.25, 0.3) is 0 Å². The highest BCUT2D eigenvalue weighted by Gasteiger charge is 2.19. The van der Waals surface area contributed by atoms with Gasteiger partial charge >= 0.3 is 12.0 Å². The minimum atomic E-state index is -1.10. The summed E-state index contributed by atoms with van der Waals surface area (Å²) in [5, 5.41) is 15.4. The molecule has 6 heteroatoms. The van der Waals surface area contributed by atoms with Crippen molar-refractivity contribution in [3.63, 3.8) is 0 Å². The van der Waals surface area contributed by atoms with Gasteiger partial charge in [0.2, 0.25) is 0 Å². The highest BCUT2D eigenvalue weighted by molar-refractivity contribution is 5.84. The number of carboxylic acid groups (broad SMARTS) is 1. The number of carbonyl (C=O) groups is 2. The summed E-state index contributed by atoms with van der Waals surface area (Å²) in [6.07, 6.45) is 1.68. The van der Waals surface area contributed by atoms with Crippen LogP contribution in [0.1, 0.15) is 11.1 Å². The normalized spacial score (nSPS) is 11.8. The van der Waals surface area contributed by atoms with Gasteiger partial charge < -0.3 is 10.4 Å². The molecule has 0 saturated heterocycles. The van der Waals surface area contributed by atoms with Gasteiger partial charge in [0.15, 0.2) is 0 Å². The van der Waals surface area contributed by atoms with E-state index in [1.54, 1.807) is 0 Å². The number of nitrogens with one attached hydrogen (secondary N) is 2. The summed E-state index contributed by atoms with van der Waals surface area (Å²) in [7, 11) is 0. The highest BCUT2D eigenvalue weighted by atomic mass is 16.4. The Morgan fingerprint density at radius 2 is 1.65 bits per heavy atom. The Kier molecular flexibility index (Phi) is 5.88. The molecular formula is C17H17N3O3. The SMILES string of the molecule is O=C(NN=Cc1ccccc1)N[C@H](Cc1ccccc1)C(=O)O. The maximum atomic E-state index is 11.7. The van der Waals surface area contributed by atoms with Crippen LogP contribution >= 0.6 is 0 Å². The zero-order valence-electron chi connectivity index (χ0n) is 12.3. The predicted molar refractivity (Wildman–Crippen MR) is 87.3 cm³/mol. The number of carboxylic acids is 1. The highest BCUT2D eigenvalue weighted by Crippen LogP contribution is 2.03. The first-order valence-electron chi connectivity index (χ1n) is 7.06. The van der Waals surface area contributed by atoms with Gasteiger partial charge in [-0.1, -0.05) is 60.7 Å². The molecule has 0 heterocycles. The molecule has 0 radical (unpaired) electrons. The van der Waals surface area contributed by atoms with Crippen LogP contribution in [0, 0.1) is 0 Å². The van der Waals surface area contributed by atoms with Crippen LogP contribution in [0.2, 0.25) is 0 Å². The fourth-order valence-corrected chi connectivity index (χ4v) is 1.94. The van der Waals surface area contributed by atoms with Gasteiger partial charge in [-0.3, -0.25) is 0 Å². The van der Waals surface area contributed by atoms with Crippen LogP contribution in [0.15, 0.2) is 65.8 Å². The summed E-state index contributed by atoms with van der Waals surface area (Å²) in [4.78, 5) is 23.0. The number of hydrogen-bond donors (Lipinski definition) is 3. The van der Waals surface area contributed by atoms with Crippen molar-refractivity contribution < 1.29 is 14.7 Å². The summed E-state index contributed by atoms with van der Waals surface area (Å²) < 4.78 is 0. The van der Waals surface area contributed by atoms with E-state index in [2.05, 4.69) is 15.8 Å². The fraction of sp³-hybridized carbons (Fsp3) is 0.118. The number of hydrogen-bond acceptors (Lipinski definition) is 3. The smallest absolute Gasteiger partial charge is 0.335 e. The Bertz CT molecular complexity index is 672. The summed E-state index contributed by atoms with van der Waals surface area (Å²) in [6.45, 7) is 0. The molecule has 0 aliphatic rings. The molecule has 0 aliphatic carbocycles. The number of benzene rings is 2. The van der Waals surface area contributed by atoms with E-state index in [1.165, 1.54) is 6.21 Å². The van der Waals surface area contributed by atoms with E-state index >= 15 is 0 Å². The van der Waals surface area contributed by atoms with Crippen molar-refractivity contribution in [2.24, 2.45) is 5.10 Å². The van der Waals surface area contributed by atoms with Gasteiger partial charge in [0.1, 0.15) is 6.04 Å². The van der Waals surface area contributed by atoms with Crippen LogP contribution in [-0.4, -0.2) is 29.4 Å². The Morgan fingerprint density at radius 1 is 1.04 bits per heavy atom. The van der Waals surface area contributed by atoms with E-state index in [4.69, 9.17) is 0 Å². The zero-order chi connectivity index (χ0) is 16.5. The maximum Gasteiger partial charge on any atom is 0.335 e. The van der Waals surface area contributed by atoms with Crippen LogP contribution in [0.25, 0.3) is 0 Å². The van der Waals surface area contributed by atoms with Crippen LogP contribution in [-0.2, 0) is 11.2 Å². The molecule has 0 saturated carbocycles. The fourth-order valence-electron chi connectivity index (χ4n) is 1.94. The van der Waals surface area contributed by atoms with Gasteiger partial charge in [-0.05, 0) is 11.1 Å². The number of amides is 2. The summed E-state index contributed by atoms with van der Waals surface area (Å²) in [5.74, 6) is -1.10. The lowest BCUT2D eigenvalue weighted by atomic mass is 10.1. The van der Waals surface area contributed by atoms with E-state index in [-0.39, 0.29) is 6.42 Å². The number of hydrazone groups is 1. The van der Waals surface area contributed by atoms with E-state index in [1.807, 2.05) is 60.7 Å². The second-order valence-electron chi connectivity index (χ2n) is 4.83. The van der Waals surface area contributed by atoms with Crippen LogP contribution in [0.3, 0.4) is 0 Å². The second-order valence-corrected chi connectivity index (χ2v) is 4.83. The number of urea groups is 1. The zero-order valence-corrected chi connectivity index (χ0v) is 12.3. The number of rotatable bonds is 6. The Balaban J connectivity index is 1.88. The molecule has 3 N–H and O–H groups in total. The number of nitrogens with zero attached hydrogens (tertiary/aromatic N) is 1. The summed E-state index contributed by atoms with van der Waals surface area (Å²) >= 11 is 0. The van der Waals surface area contributed by atoms with Crippen molar-refractivity contribution in [2.45, 2.75) is 12.5 Å². The third kappa shape index (κ3) is 5.62. The monoisotopic (exact) mass is 311 g/mol. The molecule has 0 bridgehead atoms. The van der Waals surface area contributed by atoms with E-state index < -0.39 is 18.0 Å². The van der Waals surface area contributed by atoms with Crippen molar-refractivity contribution >= 4 is 18.2 Å². The molecule has 2 aromatic rings. The Labute approximate surface area is 133 Å². The number of aliphatic carboxylic acids is 1. The lowest BCUT2D eigenvalue weighted by Gasteiger charge is -2.13. The van der Waals surface area contributed by atoms with Crippen molar-refractivity contribution in [3.8, 4) is 0 Å². The number of carbonyl (C=O) groups excluding carboxylic acids is 1. The lowest BCUT2D eigenvalue weighted by molar-refractivity contribution is -0.139. The van der Waals surface area contributed by atoms with Gasteiger partial charge in [-0.25, -0.2) is 15.0 Å². The minimum Gasteiger partial charge on any atom is -0.480 e. The molecule has 0 fully saturated rings. The molecule has 0 aromatic heterocycles. The first-order valence-corrected chi connectivity index (χ1v) is 7.06. The predicted octanol–water partition coefficient (Wildman–Crippen LogP) is 2.02.